The maximum absolute atomic E-state index is 13.3. The highest BCUT2D eigenvalue weighted by Crippen LogP contribution is 2.33. The Morgan fingerprint density at radius 1 is 0.714 bits per heavy atom. The van der Waals surface area contributed by atoms with Crippen LogP contribution < -0.4 is 4.74 Å². The maximum Gasteiger partial charge on any atom is 0.331 e. The summed E-state index contributed by atoms with van der Waals surface area (Å²) in [7, 11) is 1.39. The van der Waals surface area contributed by atoms with E-state index in [0.29, 0.717) is 5.56 Å². The van der Waals surface area contributed by atoms with Gasteiger partial charge in [-0.1, -0.05) is 12.1 Å². The number of phenolic OH excluding ortho intramolecular Hbond substituents is 3. The molecule has 3 aliphatic rings. The first-order chi connectivity index (χ1) is 26.6. The van der Waals surface area contributed by atoms with Gasteiger partial charge in [0.05, 0.1) is 33.0 Å². The lowest BCUT2D eigenvalue weighted by Gasteiger charge is -2.47. The van der Waals surface area contributed by atoms with Gasteiger partial charge in [-0.2, -0.15) is 0 Å². The molecular formula is C36H48O20. The van der Waals surface area contributed by atoms with Crippen molar-refractivity contribution in [1.29, 1.82) is 0 Å². The molecule has 11 N–H and O–H groups in total. The van der Waals surface area contributed by atoms with E-state index in [2.05, 4.69) is 0 Å². The monoisotopic (exact) mass is 800 g/mol. The molecular weight excluding hydrogens is 752 g/mol. The first-order valence-electron chi connectivity index (χ1n) is 17.6. The number of aliphatic hydroxyl groups excluding tert-OH is 8. The third-order valence-corrected chi connectivity index (χ3v) is 9.57. The third-order valence-electron chi connectivity index (χ3n) is 9.57. The van der Waals surface area contributed by atoms with E-state index >= 15 is 0 Å². The van der Waals surface area contributed by atoms with Gasteiger partial charge in [0.25, 0.3) is 0 Å². The number of rotatable bonds is 14. The van der Waals surface area contributed by atoms with Crippen LogP contribution in [0.4, 0.5) is 0 Å². The van der Waals surface area contributed by atoms with E-state index in [1.54, 1.807) is 6.07 Å². The Labute approximate surface area is 319 Å². The highest BCUT2D eigenvalue weighted by atomic mass is 16.8. The Hall–Kier alpha value is -3.71. The van der Waals surface area contributed by atoms with Crippen molar-refractivity contribution in [1.82, 2.24) is 0 Å². The number of ether oxygens (including phenoxy) is 8. The summed E-state index contributed by atoms with van der Waals surface area (Å²) in [5, 5.41) is 114. The summed E-state index contributed by atoms with van der Waals surface area (Å²) in [5.41, 5.74) is 0.871. The summed E-state index contributed by atoms with van der Waals surface area (Å²) in [6.07, 6.45) is -22.3. The number of hydrogen-bond acceptors (Lipinski definition) is 20. The number of carbonyl (C=O) groups excluding carboxylic acids is 1. The standard InChI is InChI=1S/C36H48O20/c1-15-25(42)27(44)30(47)36(52-15)56-33-31(48)35(50-10-9-17-4-7-21(49-2)20(40)12-17)54-23(14-51-34-29(46)28(45)26(43)22(13-37)53-34)32(33)55-24(41)8-5-16-3-6-18(38)19(39)11-16/h3-8,11-12,15,22-23,25-40,42-48H,9-10,13-14H2,1-2H3/b8-5+/t15-,22+,23+,25-,26+,27+,28-,29+,30+,31+,32+,33+,34+,35+,36-/m0/s1. The van der Waals surface area contributed by atoms with Gasteiger partial charge in [0, 0.05) is 6.08 Å². The van der Waals surface area contributed by atoms with E-state index in [1.165, 1.54) is 44.4 Å². The molecule has 0 amide bonds. The highest BCUT2D eigenvalue weighted by Gasteiger charge is 2.53. The second-order valence-corrected chi connectivity index (χ2v) is 13.5. The summed E-state index contributed by atoms with van der Waals surface area (Å²) in [6, 6.07) is 8.36. The predicted octanol–water partition coefficient (Wildman–Crippen LogP) is -2.89. The van der Waals surface area contributed by atoms with Gasteiger partial charge in [-0.3, -0.25) is 0 Å². The quantitative estimate of drug-likeness (QED) is 0.0519. The first-order valence-corrected chi connectivity index (χ1v) is 17.6. The summed E-state index contributed by atoms with van der Waals surface area (Å²) >= 11 is 0. The molecule has 0 bridgehead atoms. The number of benzene rings is 2. The Kier molecular flexibility index (Phi) is 14.9. The van der Waals surface area contributed by atoms with Gasteiger partial charge in [-0.25, -0.2) is 4.79 Å². The maximum atomic E-state index is 13.3. The summed E-state index contributed by atoms with van der Waals surface area (Å²) in [5.74, 6) is -1.84. The number of carbonyl (C=O) groups is 1. The van der Waals surface area contributed by atoms with Crippen LogP contribution >= 0.6 is 0 Å². The number of phenols is 3. The van der Waals surface area contributed by atoms with E-state index in [9.17, 15) is 61.0 Å². The van der Waals surface area contributed by atoms with Crippen molar-refractivity contribution in [3.05, 3.63) is 53.6 Å². The highest BCUT2D eigenvalue weighted by molar-refractivity contribution is 5.87. The van der Waals surface area contributed by atoms with E-state index in [0.717, 1.165) is 12.1 Å². The average Bonchev–Trinajstić information content (AvgIpc) is 3.17. The Bertz CT molecular complexity index is 1620. The van der Waals surface area contributed by atoms with Crippen LogP contribution in [0.3, 0.4) is 0 Å². The topological polar surface area (TPSA) is 313 Å². The summed E-state index contributed by atoms with van der Waals surface area (Å²) in [6.45, 7) is -0.179. The van der Waals surface area contributed by atoms with Gasteiger partial charge >= 0.3 is 5.97 Å². The fraction of sp³-hybridized carbons (Fsp3) is 0.583. The predicted molar refractivity (Wildman–Crippen MR) is 185 cm³/mol. The van der Waals surface area contributed by atoms with Crippen molar-refractivity contribution in [3.8, 4) is 23.0 Å². The molecule has 0 saturated carbocycles. The molecule has 0 spiro atoms. The summed E-state index contributed by atoms with van der Waals surface area (Å²) in [4.78, 5) is 13.3. The molecule has 20 heteroatoms. The second-order valence-electron chi connectivity index (χ2n) is 13.5. The molecule has 3 aliphatic heterocycles. The zero-order valence-corrected chi connectivity index (χ0v) is 30.2. The lowest BCUT2D eigenvalue weighted by molar-refractivity contribution is -0.364. The van der Waals surface area contributed by atoms with Crippen LogP contribution in [0.5, 0.6) is 23.0 Å². The molecule has 15 atom stereocenters. The second kappa shape index (κ2) is 19.2. The first kappa shape index (κ1) is 43.4. The van der Waals surface area contributed by atoms with E-state index in [4.69, 9.17) is 37.9 Å². The van der Waals surface area contributed by atoms with Crippen LogP contribution in [0.15, 0.2) is 42.5 Å². The van der Waals surface area contributed by atoms with Crippen LogP contribution in [0.25, 0.3) is 6.08 Å². The van der Waals surface area contributed by atoms with Crippen molar-refractivity contribution in [2.75, 3.05) is 26.9 Å². The lowest BCUT2D eigenvalue weighted by atomic mass is 9.96. The van der Waals surface area contributed by atoms with Gasteiger partial charge < -0.3 is 94.1 Å². The number of aromatic hydroxyl groups is 3. The number of esters is 1. The summed E-state index contributed by atoms with van der Waals surface area (Å²) < 4.78 is 45.5. The third kappa shape index (κ3) is 10.0. The van der Waals surface area contributed by atoms with E-state index < -0.39 is 123 Å². The van der Waals surface area contributed by atoms with E-state index in [-0.39, 0.29) is 30.1 Å². The normalized spacial score (nSPS) is 36.4. The average molecular weight is 801 g/mol. The van der Waals surface area contributed by atoms with Crippen LogP contribution in [-0.4, -0.2) is 181 Å². The molecule has 5 rings (SSSR count). The van der Waals surface area contributed by atoms with Gasteiger partial charge in [-0.05, 0) is 54.8 Å². The largest absolute Gasteiger partial charge is 0.504 e. The molecule has 3 fully saturated rings. The van der Waals surface area contributed by atoms with Crippen molar-refractivity contribution >= 4 is 12.0 Å². The van der Waals surface area contributed by atoms with Crippen LogP contribution in [0.2, 0.25) is 0 Å². The minimum absolute atomic E-state index is 0.133. The van der Waals surface area contributed by atoms with Crippen molar-refractivity contribution < 1.29 is 98.9 Å². The van der Waals surface area contributed by atoms with Gasteiger partial charge in [0.1, 0.15) is 61.0 Å². The molecule has 3 heterocycles. The van der Waals surface area contributed by atoms with Crippen molar-refractivity contribution in [3.63, 3.8) is 0 Å². The molecule has 0 aromatic heterocycles. The minimum Gasteiger partial charge on any atom is -0.504 e. The van der Waals surface area contributed by atoms with E-state index in [1.807, 2.05) is 0 Å². The number of aliphatic hydroxyl groups is 8. The molecule has 20 nitrogen and oxygen atoms in total. The molecule has 312 valence electrons. The molecule has 2 aromatic carbocycles. The number of hydrogen-bond donors (Lipinski definition) is 11. The minimum atomic E-state index is -1.87. The van der Waals surface area contributed by atoms with Crippen LogP contribution in [0, 0.1) is 0 Å². The van der Waals surface area contributed by atoms with Gasteiger partial charge in [0.15, 0.2) is 48.0 Å². The fourth-order valence-corrected chi connectivity index (χ4v) is 6.31. The zero-order chi connectivity index (χ0) is 40.8. The molecule has 2 aromatic rings. The Morgan fingerprint density at radius 2 is 1.39 bits per heavy atom. The van der Waals surface area contributed by atoms with Crippen molar-refractivity contribution in [2.24, 2.45) is 0 Å². The zero-order valence-electron chi connectivity index (χ0n) is 30.2. The molecule has 0 radical (unpaired) electrons. The Morgan fingerprint density at radius 3 is 2.07 bits per heavy atom. The Balaban J connectivity index is 1.43. The number of methoxy groups -OCH3 is 1. The molecule has 56 heavy (non-hydrogen) atoms. The fourth-order valence-electron chi connectivity index (χ4n) is 6.31. The van der Waals surface area contributed by atoms with Gasteiger partial charge in [-0.15, -0.1) is 0 Å². The lowest BCUT2D eigenvalue weighted by Crippen LogP contribution is -2.65. The van der Waals surface area contributed by atoms with Crippen LogP contribution in [0.1, 0.15) is 18.1 Å². The molecule has 3 saturated heterocycles. The van der Waals surface area contributed by atoms with Crippen molar-refractivity contribution in [2.45, 2.75) is 105 Å². The SMILES string of the molecule is COc1ccc(CCO[C@@H]2O[C@H](CO[C@@H]3O[C@H](CO)[C@@H](O)[C@H](O)[C@H]3O)[C@@H](OC(=O)/C=C/c3ccc(O)c(O)c3)[C@H](O[C@@H]3O[C@@H](C)[C@H](O)[C@@H](O)[C@H]3O)[C@H]2O)cc1O. The molecule has 0 unspecified atom stereocenters. The smallest absolute Gasteiger partial charge is 0.331 e. The van der Waals surface area contributed by atoms with Crippen LogP contribution in [-0.2, 0) is 44.4 Å². The molecule has 0 aliphatic carbocycles. The van der Waals surface area contributed by atoms with Gasteiger partial charge in [0.2, 0.25) is 0 Å².